The molecule has 0 unspecified atom stereocenters. The molecule has 0 spiro atoms. The predicted octanol–water partition coefficient (Wildman–Crippen LogP) is 8.18. The van der Waals surface area contributed by atoms with Gasteiger partial charge < -0.3 is 14.6 Å². The molecule has 0 saturated heterocycles. The van der Waals surface area contributed by atoms with Crippen molar-refractivity contribution in [3.8, 4) is 11.3 Å². The molecule has 0 saturated carbocycles. The van der Waals surface area contributed by atoms with Gasteiger partial charge in [0.25, 0.3) is 5.69 Å². The fourth-order valence-electron chi connectivity index (χ4n) is 4.72. The van der Waals surface area contributed by atoms with E-state index in [-0.39, 0.29) is 5.69 Å². The molecule has 10 nitrogen and oxygen atoms in total. The standard InChI is InChI=1S/C34H29N7O3S/c1-25-12-16-27(17-13-25)35-23-33-37-39(24-38(28-8-4-2-5-9-28)29-10-6-3-7-11-29)34(45)40(33)36-22-31-20-21-32(44-31)26-14-18-30(19-15-26)41(42)43/h2-22,35H,23-24H2,1H3/b36-22+. The second-order valence-corrected chi connectivity index (χ2v) is 10.6. The van der Waals surface area contributed by atoms with Crippen LogP contribution in [0.5, 0.6) is 0 Å². The zero-order valence-electron chi connectivity index (χ0n) is 24.4. The average molecular weight is 616 g/mol. The number of nitro groups is 1. The molecule has 11 heteroatoms. The molecule has 45 heavy (non-hydrogen) atoms. The predicted molar refractivity (Wildman–Crippen MR) is 178 cm³/mol. The minimum atomic E-state index is -0.433. The van der Waals surface area contributed by atoms with E-state index in [0.717, 1.165) is 22.6 Å². The number of nitrogens with zero attached hydrogens (tertiary/aromatic N) is 6. The Morgan fingerprint density at radius 1 is 0.911 bits per heavy atom. The first-order valence-corrected chi connectivity index (χ1v) is 14.6. The van der Waals surface area contributed by atoms with E-state index < -0.39 is 4.92 Å². The molecular formula is C34H29N7O3S. The van der Waals surface area contributed by atoms with Gasteiger partial charge in [-0.15, -0.1) is 0 Å². The number of rotatable bonds is 11. The maximum absolute atomic E-state index is 11.0. The van der Waals surface area contributed by atoms with Crippen LogP contribution in [0.1, 0.15) is 17.1 Å². The molecule has 0 amide bonds. The van der Waals surface area contributed by atoms with Gasteiger partial charge in [-0.2, -0.15) is 14.9 Å². The second-order valence-electron chi connectivity index (χ2n) is 10.2. The van der Waals surface area contributed by atoms with E-state index in [0.29, 0.717) is 35.3 Å². The van der Waals surface area contributed by atoms with Gasteiger partial charge in [0.05, 0.1) is 17.7 Å². The summed E-state index contributed by atoms with van der Waals surface area (Å²) in [5.74, 6) is 1.67. The molecule has 1 N–H and O–H groups in total. The van der Waals surface area contributed by atoms with Crippen molar-refractivity contribution in [1.29, 1.82) is 0 Å². The largest absolute Gasteiger partial charge is 0.455 e. The van der Waals surface area contributed by atoms with Crippen LogP contribution in [0.3, 0.4) is 0 Å². The summed E-state index contributed by atoms with van der Waals surface area (Å²) in [7, 11) is 0. The Morgan fingerprint density at radius 2 is 1.56 bits per heavy atom. The highest BCUT2D eigenvalue weighted by Crippen LogP contribution is 2.26. The van der Waals surface area contributed by atoms with E-state index in [1.807, 2.05) is 91.9 Å². The molecule has 0 aliphatic carbocycles. The highest BCUT2D eigenvalue weighted by molar-refractivity contribution is 7.71. The maximum atomic E-state index is 11.0. The molecule has 6 rings (SSSR count). The van der Waals surface area contributed by atoms with Crippen molar-refractivity contribution in [3.63, 3.8) is 0 Å². The van der Waals surface area contributed by atoms with Gasteiger partial charge >= 0.3 is 0 Å². The van der Waals surface area contributed by atoms with Crippen LogP contribution in [0.25, 0.3) is 11.3 Å². The topological polar surface area (TPSA) is 107 Å². The monoisotopic (exact) mass is 615 g/mol. The van der Waals surface area contributed by atoms with Crippen molar-refractivity contribution in [2.24, 2.45) is 5.10 Å². The lowest BCUT2D eigenvalue weighted by atomic mass is 10.1. The first-order valence-electron chi connectivity index (χ1n) is 14.2. The molecule has 6 aromatic rings. The Kier molecular flexibility index (Phi) is 8.60. The fraction of sp³-hybridized carbons (Fsp3) is 0.0882. The van der Waals surface area contributed by atoms with Gasteiger partial charge in [-0.3, -0.25) is 10.1 Å². The molecular weight excluding hydrogens is 586 g/mol. The third kappa shape index (κ3) is 6.89. The minimum Gasteiger partial charge on any atom is -0.455 e. The van der Waals surface area contributed by atoms with Crippen molar-refractivity contribution in [2.45, 2.75) is 20.1 Å². The number of aryl methyl sites for hydroxylation is 1. The van der Waals surface area contributed by atoms with Crippen molar-refractivity contribution in [2.75, 3.05) is 10.2 Å². The van der Waals surface area contributed by atoms with E-state index in [1.165, 1.54) is 17.7 Å². The van der Waals surface area contributed by atoms with Gasteiger partial charge in [0.1, 0.15) is 18.2 Å². The number of benzene rings is 4. The molecule has 0 radical (unpaired) electrons. The van der Waals surface area contributed by atoms with Gasteiger partial charge in [0.2, 0.25) is 4.77 Å². The molecule has 4 aromatic carbocycles. The van der Waals surface area contributed by atoms with Crippen molar-refractivity contribution < 1.29 is 9.34 Å². The first kappa shape index (κ1) is 29.3. The van der Waals surface area contributed by atoms with Crippen LogP contribution in [0.15, 0.2) is 131 Å². The fourth-order valence-corrected chi connectivity index (χ4v) is 4.97. The zero-order chi connectivity index (χ0) is 31.2. The quantitative estimate of drug-likeness (QED) is 0.0678. The van der Waals surface area contributed by atoms with Gasteiger partial charge in [-0.25, -0.2) is 4.68 Å². The van der Waals surface area contributed by atoms with E-state index >= 15 is 0 Å². The Morgan fingerprint density at radius 3 is 2.18 bits per heavy atom. The highest BCUT2D eigenvalue weighted by Gasteiger charge is 2.16. The molecule has 2 aromatic heterocycles. The van der Waals surface area contributed by atoms with Crippen LogP contribution < -0.4 is 10.2 Å². The van der Waals surface area contributed by atoms with Crippen LogP contribution in [-0.2, 0) is 13.2 Å². The second kappa shape index (κ2) is 13.2. The Hall–Kier alpha value is -5.81. The third-order valence-corrected chi connectivity index (χ3v) is 7.47. The van der Waals surface area contributed by atoms with E-state index in [1.54, 1.807) is 39.8 Å². The normalized spacial score (nSPS) is 11.1. The number of hydrogen-bond donors (Lipinski definition) is 1. The summed E-state index contributed by atoms with van der Waals surface area (Å²) in [5, 5.41) is 24.0. The number of nitro benzene ring substituents is 1. The molecule has 2 heterocycles. The minimum absolute atomic E-state index is 0.0170. The van der Waals surface area contributed by atoms with Gasteiger partial charge in [-0.05, 0) is 79.8 Å². The molecule has 0 atom stereocenters. The van der Waals surface area contributed by atoms with Gasteiger partial charge in [-0.1, -0.05) is 54.1 Å². The lowest BCUT2D eigenvalue weighted by Gasteiger charge is -2.24. The van der Waals surface area contributed by atoms with Crippen molar-refractivity contribution in [1.82, 2.24) is 14.5 Å². The van der Waals surface area contributed by atoms with E-state index in [9.17, 15) is 10.1 Å². The summed E-state index contributed by atoms with van der Waals surface area (Å²) in [5.41, 5.74) is 4.85. The van der Waals surface area contributed by atoms with Gasteiger partial charge in [0, 0.05) is 34.8 Å². The van der Waals surface area contributed by atoms with E-state index in [4.69, 9.17) is 21.7 Å². The van der Waals surface area contributed by atoms with Crippen molar-refractivity contribution in [3.05, 3.63) is 153 Å². The number of anilines is 3. The van der Waals surface area contributed by atoms with Crippen LogP contribution in [0.2, 0.25) is 0 Å². The van der Waals surface area contributed by atoms with Crippen LogP contribution in [0.4, 0.5) is 22.7 Å². The lowest BCUT2D eigenvalue weighted by molar-refractivity contribution is -0.384. The number of hydrogen-bond acceptors (Lipinski definition) is 8. The van der Waals surface area contributed by atoms with Crippen LogP contribution in [-0.4, -0.2) is 25.6 Å². The molecule has 0 bridgehead atoms. The molecule has 224 valence electrons. The number of para-hydroxylation sites is 2. The first-order chi connectivity index (χ1) is 21.9. The summed E-state index contributed by atoms with van der Waals surface area (Å²) in [6.07, 6.45) is 1.58. The molecule has 0 fully saturated rings. The summed E-state index contributed by atoms with van der Waals surface area (Å²) in [6.45, 7) is 2.78. The number of aromatic nitrogens is 3. The number of nitrogens with one attached hydrogen (secondary N) is 1. The summed E-state index contributed by atoms with van der Waals surface area (Å²) in [6, 6.07) is 38.0. The number of non-ortho nitro benzene ring substituents is 1. The Bertz CT molecular complexity index is 1940. The summed E-state index contributed by atoms with van der Waals surface area (Å²) < 4.78 is 9.77. The van der Waals surface area contributed by atoms with Crippen LogP contribution >= 0.6 is 12.2 Å². The highest BCUT2D eigenvalue weighted by atomic mass is 32.1. The summed E-state index contributed by atoms with van der Waals surface area (Å²) in [4.78, 5) is 12.7. The smallest absolute Gasteiger partial charge is 0.269 e. The lowest BCUT2D eigenvalue weighted by Crippen LogP contribution is -2.22. The Balaban J connectivity index is 1.32. The van der Waals surface area contributed by atoms with Gasteiger partial charge in [0.15, 0.2) is 5.82 Å². The van der Waals surface area contributed by atoms with Crippen LogP contribution in [0, 0.1) is 21.8 Å². The SMILES string of the molecule is Cc1ccc(NCc2nn(CN(c3ccccc3)c3ccccc3)c(=S)n2/N=C/c2ccc(-c3ccc([N+](=O)[O-])cc3)o2)cc1. The summed E-state index contributed by atoms with van der Waals surface area (Å²) >= 11 is 5.92. The molecule has 0 aliphatic heterocycles. The van der Waals surface area contributed by atoms with E-state index in [2.05, 4.69) is 15.3 Å². The molecule has 0 aliphatic rings. The average Bonchev–Trinajstić information content (AvgIpc) is 3.67. The zero-order valence-corrected chi connectivity index (χ0v) is 25.2. The Labute approximate surface area is 264 Å². The van der Waals surface area contributed by atoms with Crippen molar-refractivity contribution >= 4 is 41.2 Å². The number of furan rings is 1. The maximum Gasteiger partial charge on any atom is 0.269 e. The third-order valence-electron chi connectivity index (χ3n) is 7.09.